The summed E-state index contributed by atoms with van der Waals surface area (Å²) in [4.78, 5) is 41.9. The summed E-state index contributed by atoms with van der Waals surface area (Å²) in [6.45, 7) is 9.31. The van der Waals surface area contributed by atoms with Crippen molar-refractivity contribution in [2.24, 2.45) is 16.7 Å². The number of imide groups is 1. The van der Waals surface area contributed by atoms with Crippen LogP contribution in [0.1, 0.15) is 40.0 Å². The van der Waals surface area contributed by atoms with Gasteiger partial charge in [-0.2, -0.15) is 0 Å². The smallest absolute Gasteiger partial charge is 0.235 e. The van der Waals surface area contributed by atoms with Crippen LogP contribution < -0.4 is 10.2 Å². The van der Waals surface area contributed by atoms with Crippen LogP contribution in [-0.2, 0) is 19.1 Å². The van der Waals surface area contributed by atoms with Gasteiger partial charge in [-0.1, -0.05) is 20.8 Å². The van der Waals surface area contributed by atoms with Crippen molar-refractivity contribution in [1.29, 1.82) is 0 Å². The van der Waals surface area contributed by atoms with Gasteiger partial charge in [-0.05, 0) is 42.5 Å². The van der Waals surface area contributed by atoms with E-state index in [0.29, 0.717) is 5.69 Å². The Kier molecular flexibility index (Phi) is 5.34. The van der Waals surface area contributed by atoms with Crippen molar-refractivity contribution in [2.75, 3.05) is 43.1 Å². The highest BCUT2D eigenvalue weighted by Gasteiger charge is 2.64. The first-order valence-electron chi connectivity index (χ1n) is 10.8. The average molecular weight is 414 g/mol. The summed E-state index contributed by atoms with van der Waals surface area (Å²) in [7, 11) is 0. The molecule has 3 amide bonds. The molecule has 0 aromatic heterocycles. The third kappa shape index (κ3) is 3.39. The molecule has 1 saturated carbocycles. The number of amides is 3. The second kappa shape index (κ2) is 7.69. The lowest BCUT2D eigenvalue weighted by Crippen LogP contribution is -2.59. The molecule has 162 valence electrons. The van der Waals surface area contributed by atoms with E-state index in [2.05, 4.69) is 10.2 Å². The third-order valence-electron chi connectivity index (χ3n) is 7.60. The van der Waals surface area contributed by atoms with Crippen molar-refractivity contribution in [1.82, 2.24) is 4.90 Å². The van der Waals surface area contributed by atoms with E-state index >= 15 is 0 Å². The number of rotatable bonds is 5. The fraction of sp³-hybridized carbons (Fsp3) is 0.609. The van der Waals surface area contributed by atoms with E-state index in [1.807, 2.05) is 45.0 Å². The minimum Gasteiger partial charge on any atom is -0.378 e. The van der Waals surface area contributed by atoms with Gasteiger partial charge >= 0.3 is 0 Å². The topological polar surface area (TPSA) is 79.0 Å². The highest BCUT2D eigenvalue weighted by molar-refractivity contribution is 6.04. The van der Waals surface area contributed by atoms with E-state index in [0.717, 1.165) is 44.8 Å². The van der Waals surface area contributed by atoms with Gasteiger partial charge in [0.15, 0.2) is 0 Å². The molecule has 30 heavy (non-hydrogen) atoms. The van der Waals surface area contributed by atoms with Crippen molar-refractivity contribution in [2.45, 2.75) is 40.0 Å². The van der Waals surface area contributed by atoms with Gasteiger partial charge in [0, 0.05) is 43.3 Å². The monoisotopic (exact) mass is 413 g/mol. The summed E-state index contributed by atoms with van der Waals surface area (Å²) in [5.74, 6) is -0.593. The molecule has 3 aliphatic rings. The van der Waals surface area contributed by atoms with Crippen LogP contribution in [-0.4, -0.2) is 55.5 Å². The number of benzene rings is 1. The summed E-state index contributed by atoms with van der Waals surface area (Å²) >= 11 is 0. The number of morpholine rings is 1. The Morgan fingerprint density at radius 3 is 2.47 bits per heavy atom. The van der Waals surface area contributed by atoms with Crippen LogP contribution in [0.5, 0.6) is 0 Å². The van der Waals surface area contributed by atoms with E-state index in [1.165, 1.54) is 4.90 Å². The third-order valence-corrected chi connectivity index (χ3v) is 7.60. The molecule has 1 aromatic rings. The Labute approximate surface area is 177 Å². The van der Waals surface area contributed by atoms with Crippen molar-refractivity contribution < 1.29 is 19.1 Å². The maximum Gasteiger partial charge on any atom is 0.235 e. The predicted molar refractivity (Wildman–Crippen MR) is 114 cm³/mol. The number of carbonyl (C=O) groups excluding carboxylic acids is 3. The first kappa shape index (κ1) is 20.8. The van der Waals surface area contributed by atoms with Gasteiger partial charge in [-0.15, -0.1) is 0 Å². The number of fused-ring (bicyclic) bond motifs is 2. The maximum absolute atomic E-state index is 13.0. The summed E-state index contributed by atoms with van der Waals surface area (Å²) in [6, 6.07) is 7.73. The fourth-order valence-corrected chi connectivity index (χ4v) is 5.13. The number of hydrogen-bond donors (Lipinski definition) is 1. The van der Waals surface area contributed by atoms with E-state index in [1.54, 1.807) is 0 Å². The van der Waals surface area contributed by atoms with Crippen LogP contribution in [0.15, 0.2) is 24.3 Å². The summed E-state index contributed by atoms with van der Waals surface area (Å²) in [6.07, 6.45) is 1.58. The number of nitrogens with zero attached hydrogens (tertiary/aromatic N) is 2. The molecule has 1 aromatic carbocycles. The molecule has 1 aliphatic carbocycles. The highest BCUT2D eigenvalue weighted by Crippen LogP contribution is 2.60. The Hall–Kier alpha value is -2.41. The van der Waals surface area contributed by atoms with Gasteiger partial charge in [0.1, 0.15) is 0 Å². The zero-order chi connectivity index (χ0) is 21.5. The van der Waals surface area contributed by atoms with Crippen LogP contribution in [0.3, 0.4) is 0 Å². The molecule has 7 nitrogen and oxygen atoms in total. The molecule has 4 rings (SSSR count). The summed E-state index contributed by atoms with van der Waals surface area (Å²) < 4.78 is 5.37. The lowest BCUT2D eigenvalue weighted by Gasteiger charge is -2.47. The largest absolute Gasteiger partial charge is 0.378 e. The number of hydrogen-bond acceptors (Lipinski definition) is 5. The van der Waals surface area contributed by atoms with Crippen molar-refractivity contribution in [3.05, 3.63) is 24.3 Å². The molecule has 2 unspecified atom stereocenters. The number of carbonyl (C=O) groups is 3. The predicted octanol–water partition coefficient (Wildman–Crippen LogP) is 2.66. The molecule has 2 aliphatic heterocycles. The quantitative estimate of drug-likeness (QED) is 0.751. The lowest BCUT2D eigenvalue weighted by atomic mass is 9.62. The number of anilines is 2. The normalized spacial score (nSPS) is 28.0. The molecular weight excluding hydrogens is 382 g/mol. The lowest BCUT2D eigenvalue weighted by molar-refractivity contribution is -0.167. The van der Waals surface area contributed by atoms with Crippen molar-refractivity contribution >= 4 is 29.1 Å². The minimum atomic E-state index is -0.530. The second-order valence-electron chi connectivity index (χ2n) is 9.38. The molecule has 2 bridgehead atoms. The van der Waals surface area contributed by atoms with Crippen molar-refractivity contribution in [3.8, 4) is 0 Å². The number of ether oxygens (including phenoxy) is 1. The van der Waals surface area contributed by atoms with Gasteiger partial charge in [0.05, 0.1) is 18.6 Å². The van der Waals surface area contributed by atoms with Gasteiger partial charge in [-0.3, -0.25) is 19.3 Å². The van der Waals surface area contributed by atoms with Crippen LogP contribution in [0, 0.1) is 16.7 Å². The molecule has 1 N–H and O–H groups in total. The van der Waals surface area contributed by atoms with Gasteiger partial charge in [-0.25, -0.2) is 0 Å². The molecule has 2 heterocycles. The molecule has 2 atom stereocenters. The zero-order valence-electron chi connectivity index (χ0n) is 18.1. The number of nitrogens with one attached hydrogen (secondary N) is 1. The van der Waals surface area contributed by atoms with Crippen LogP contribution >= 0.6 is 0 Å². The standard InChI is InChI=1S/C23H31N3O4/c1-22(2)18-8-10-23(22,3)21(29)26(20(18)28)11-9-19(27)24-16-4-6-17(7-5-16)25-12-14-30-15-13-25/h4-7,18H,8-15H2,1-3H3,(H,24,27). The Bertz CT molecular complexity index is 845. The maximum atomic E-state index is 13.0. The van der Waals surface area contributed by atoms with E-state index in [-0.39, 0.29) is 42.0 Å². The minimum absolute atomic E-state index is 0.103. The summed E-state index contributed by atoms with van der Waals surface area (Å²) in [5.41, 5.74) is 0.952. The average Bonchev–Trinajstić information content (AvgIpc) is 2.92. The van der Waals surface area contributed by atoms with Crippen LogP contribution in [0.2, 0.25) is 0 Å². The molecule has 0 spiro atoms. The second-order valence-corrected chi connectivity index (χ2v) is 9.38. The van der Waals surface area contributed by atoms with E-state index < -0.39 is 5.41 Å². The number of piperidine rings is 1. The Balaban J connectivity index is 1.34. The Morgan fingerprint density at radius 1 is 1.13 bits per heavy atom. The number of likely N-dealkylation sites (tertiary alicyclic amines) is 1. The summed E-state index contributed by atoms with van der Waals surface area (Å²) in [5, 5.41) is 2.87. The molecule has 7 heteroatoms. The molecular formula is C23H31N3O4. The Morgan fingerprint density at radius 2 is 1.80 bits per heavy atom. The first-order valence-corrected chi connectivity index (χ1v) is 10.8. The SMILES string of the molecule is CC12CCC(C(=O)N(CCC(=O)Nc3ccc(N4CCOCC4)cc3)C1=O)C2(C)C. The van der Waals surface area contributed by atoms with Crippen LogP contribution in [0.25, 0.3) is 0 Å². The zero-order valence-corrected chi connectivity index (χ0v) is 18.1. The van der Waals surface area contributed by atoms with Crippen LogP contribution in [0.4, 0.5) is 11.4 Å². The van der Waals surface area contributed by atoms with Gasteiger partial charge in [0.2, 0.25) is 17.7 Å². The van der Waals surface area contributed by atoms with E-state index in [4.69, 9.17) is 4.74 Å². The first-order chi connectivity index (χ1) is 14.2. The van der Waals surface area contributed by atoms with Gasteiger partial charge < -0.3 is 15.0 Å². The fourth-order valence-electron chi connectivity index (χ4n) is 5.13. The van der Waals surface area contributed by atoms with Crippen molar-refractivity contribution in [3.63, 3.8) is 0 Å². The molecule has 0 radical (unpaired) electrons. The highest BCUT2D eigenvalue weighted by atomic mass is 16.5. The van der Waals surface area contributed by atoms with E-state index in [9.17, 15) is 14.4 Å². The molecule has 2 saturated heterocycles. The molecule has 3 fully saturated rings. The van der Waals surface area contributed by atoms with Gasteiger partial charge in [0.25, 0.3) is 0 Å².